The van der Waals surface area contributed by atoms with Crippen molar-refractivity contribution in [2.24, 2.45) is 0 Å². The molecule has 41 heavy (non-hydrogen) atoms. The standard InChI is InChI=1S/C31H41N3O7/c1-30(2,3)40-28(38)23(18-20-12-8-7-9-13-20)33-27(37)26(22-14-10-11-15-24(22)35)34(21-16-17-21)25(36)19-32-29(39)41-31(4,5)6/h7-15,21,23,26,35H,16-19H2,1-6H3,(H,32,39)(H,33,37). The number of benzene rings is 2. The van der Waals surface area contributed by atoms with Gasteiger partial charge in [-0.25, -0.2) is 9.59 Å². The van der Waals surface area contributed by atoms with Gasteiger partial charge in [0.05, 0.1) is 0 Å². The molecule has 0 bridgehead atoms. The highest BCUT2D eigenvalue weighted by Crippen LogP contribution is 2.37. The Kier molecular flexibility index (Phi) is 10.0. The van der Waals surface area contributed by atoms with Crippen LogP contribution in [0.1, 0.15) is 71.6 Å². The summed E-state index contributed by atoms with van der Waals surface area (Å²) in [6, 6.07) is 12.8. The first-order valence-corrected chi connectivity index (χ1v) is 13.8. The summed E-state index contributed by atoms with van der Waals surface area (Å²) in [5.74, 6) is -1.99. The molecule has 3 amide bonds. The van der Waals surface area contributed by atoms with Crippen molar-refractivity contribution in [1.29, 1.82) is 0 Å². The normalized spacial score (nSPS) is 14.8. The summed E-state index contributed by atoms with van der Waals surface area (Å²) in [5.41, 5.74) is -0.543. The van der Waals surface area contributed by atoms with Gasteiger partial charge in [0.15, 0.2) is 0 Å². The highest BCUT2D eigenvalue weighted by molar-refractivity contribution is 5.93. The Labute approximate surface area is 241 Å². The second-order valence-electron chi connectivity index (χ2n) is 12.1. The van der Waals surface area contributed by atoms with Crippen molar-refractivity contribution < 1.29 is 33.8 Å². The van der Waals surface area contributed by atoms with E-state index in [1.54, 1.807) is 59.7 Å². The molecule has 0 heterocycles. The molecule has 1 saturated carbocycles. The molecule has 10 heteroatoms. The molecule has 1 aliphatic carbocycles. The lowest BCUT2D eigenvalue weighted by Gasteiger charge is -2.33. The van der Waals surface area contributed by atoms with Crippen LogP contribution in [0.5, 0.6) is 5.75 Å². The van der Waals surface area contributed by atoms with E-state index in [4.69, 9.17) is 9.47 Å². The number of carbonyl (C=O) groups is 4. The van der Waals surface area contributed by atoms with Gasteiger partial charge in [-0.05, 0) is 66.0 Å². The number of phenolic OH excluding ortho intramolecular Hbond substituents is 1. The minimum absolute atomic E-state index is 0.159. The molecule has 0 saturated heterocycles. The summed E-state index contributed by atoms with van der Waals surface area (Å²) in [6.45, 7) is 9.93. The predicted octanol–water partition coefficient (Wildman–Crippen LogP) is 4.02. The molecule has 2 aromatic rings. The number of phenols is 1. The fourth-order valence-electron chi connectivity index (χ4n) is 4.27. The van der Waals surface area contributed by atoms with Crippen molar-refractivity contribution in [2.45, 2.75) is 90.1 Å². The average molecular weight is 568 g/mol. The molecule has 0 radical (unpaired) electrons. The van der Waals surface area contributed by atoms with Gasteiger partial charge < -0.3 is 30.1 Å². The number of esters is 1. The van der Waals surface area contributed by atoms with E-state index in [-0.39, 0.29) is 23.8 Å². The Morgan fingerprint density at radius 2 is 1.49 bits per heavy atom. The molecule has 0 aliphatic heterocycles. The molecule has 1 aliphatic rings. The minimum atomic E-state index is -1.27. The van der Waals surface area contributed by atoms with Crippen molar-refractivity contribution in [3.63, 3.8) is 0 Å². The Morgan fingerprint density at radius 1 is 0.902 bits per heavy atom. The summed E-state index contributed by atoms with van der Waals surface area (Å²) < 4.78 is 10.8. The zero-order chi connectivity index (χ0) is 30.4. The van der Waals surface area contributed by atoms with E-state index in [9.17, 15) is 24.3 Å². The lowest BCUT2D eigenvalue weighted by Crippen LogP contribution is -2.52. The van der Waals surface area contributed by atoms with Crippen molar-refractivity contribution in [3.8, 4) is 5.75 Å². The van der Waals surface area contributed by atoms with Gasteiger partial charge in [0.25, 0.3) is 0 Å². The van der Waals surface area contributed by atoms with Crippen LogP contribution in [0.15, 0.2) is 54.6 Å². The minimum Gasteiger partial charge on any atom is -0.508 e. The first-order valence-electron chi connectivity index (χ1n) is 13.8. The zero-order valence-corrected chi connectivity index (χ0v) is 24.6. The molecule has 0 aromatic heterocycles. The fourth-order valence-corrected chi connectivity index (χ4v) is 4.27. The number of nitrogens with one attached hydrogen (secondary N) is 2. The van der Waals surface area contributed by atoms with Crippen LogP contribution >= 0.6 is 0 Å². The number of aromatic hydroxyl groups is 1. The predicted molar refractivity (Wildman–Crippen MR) is 153 cm³/mol. The number of ether oxygens (including phenoxy) is 2. The monoisotopic (exact) mass is 567 g/mol. The molecule has 0 spiro atoms. The molecule has 1 fully saturated rings. The topological polar surface area (TPSA) is 134 Å². The Balaban J connectivity index is 1.92. The van der Waals surface area contributed by atoms with E-state index in [0.29, 0.717) is 12.8 Å². The van der Waals surface area contributed by atoms with Crippen LogP contribution < -0.4 is 10.6 Å². The van der Waals surface area contributed by atoms with Gasteiger partial charge in [0, 0.05) is 18.0 Å². The van der Waals surface area contributed by atoms with E-state index in [2.05, 4.69) is 10.6 Å². The van der Waals surface area contributed by atoms with E-state index in [0.717, 1.165) is 5.56 Å². The van der Waals surface area contributed by atoms with Gasteiger partial charge >= 0.3 is 12.1 Å². The maximum absolute atomic E-state index is 14.0. The second kappa shape index (κ2) is 13.1. The SMILES string of the molecule is CC(C)(C)OC(=O)NCC(=O)N(C1CC1)C(C(=O)NC(Cc1ccccc1)C(=O)OC(C)(C)C)c1ccccc1O. The van der Waals surface area contributed by atoms with E-state index < -0.39 is 53.7 Å². The number of amides is 3. The third-order valence-electron chi connectivity index (χ3n) is 6.06. The van der Waals surface area contributed by atoms with Crippen molar-refractivity contribution in [1.82, 2.24) is 15.5 Å². The molecular formula is C31H41N3O7. The van der Waals surface area contributed by atoms with Crippen LogP contribution in [0, 0.1) is 0 Å². The number of carbonyl (C=O) groups excluding carboxylic acids is 4. The number of alkyl carbamates (subject to hydrolysis) is 1. The van der Waals surface area contributed by atoms with Gasteiger partial charge in [0.2, 0.25) is 11.8 Å². The van der Waals surface area contributed by atoms with E-state index in [1.807, 2.05) is 30.3 Å². The van der Waals surface area contributed by atoms with Crippen molar-refractivity contribution >= 4 is 23.9 Å². The van der Waals surface area contributed by atoms with Crippen LogP contribution in [0.3, 0.4) is 0 Å². The largest absolute Gasteiger partial charge is 0.508 e. The van der Waals surface area contributed by atoms with E-state index >= 15 is 0 Å². The molecule has 2 atom stereocenters. The third-order valence-corrected chi connectivity index (χ3v) is 6.06. The van der Waals surface area contributed by atoms with Gasteiger partial charge in [-0.15, -0.1) is 0 Å². The molecule has 222 valence electrons. The van der Waals surface area contributed by atoms with Gasteiger partial charge in [-0.1, -0.05) is 48.5 Å². The van der Waals surface area contributed by atoms with Crippen LogP contribution in [-0.4, -0.2) is 63.7 Å². The summed E-state index contributed by atoms with van der Waals surface area (Å²) in [4.78, 5) is 54.4. The quantitative estimate of drug-likeness (QED) is 0.369. The highest BCUT2D eigenvalue weighted by atomic mass is 16.6. The Hall–Kier alpha value is -4.08. The number of nitrogens with zero attached hydrogens (tertiary/aromatic N) is 1. The molecule has 3 N–H and O–H groups in total. The van der Waals surface area contributed by atoms with Gasteiger partial charge in [-0.3, -0.25) is 9.59 Å². The van der Waals surface area contributed by atoms with Crippen LogP contribution in [0.2, 0.25) is 0 Å². The first kappa shape index (κ1) is 31.4. The van der Waals surface area contributed by atoms with Crippen molar-refractivity contribution in [2.75, 3.05) is 6.54 Å². The number of para-hydroxylation sites is 1. The lowest BCUT2D eigenvalue weighted by molar-refractivity contribution is -0.159. The maximum Gasteiger partial charge on any atom is 0.408 e. The second-order valence-corrected chi connectivity index (χ2v) is 12.1. The lowest BCUT2D eigenvalue weighted by atomic mass is 10.0. The zero-order valence-electron chi connectivity index (χ0n) is 24.6. The van der Waals surface area contributed by atoms with E-state index in [1.165, 1.54) is 11.0 Å². The summed E-state index contributed by atoms with van der Waals surface area (Å²) in [7, 11) is 0. The number of rotatable bonds is 10. The highest BCUT2D eigenvalue weighted by Gasteiger charge is 2.43. The summed E-state index contributed by atoms with van der Waals surface area (Å²) in [6.07, 6.45) is 0.689. The average Bonchev–Trinajstić information content (AvgIpc) is 3.69. The number of hydrogen-bond acceptors (Lipinski definition) is 7. The Morgan fingerprint density at radius 3 is 2.05 bits per heavy atom. The molecular weight excluding hydrogens is 526 g/mol. The fraction of sp³-hybridized carbons (Fsp3) is 0.484. The molecule has 10 nitrogen and oxygen atoms in total. The van der Waals surface area contributed by atoms with Crippen molar-refractivity contribution in [3.05, 3.63) is 65.7 Å². The molecule has 2 unspecified atom stereocenters. The van der Waals surface area contributed by atoms with Crippen LogP contribution in [-0.2, 0) is 30.3 Å². The summed E-state index contributed by atoms with van der Waals surface area (Å²) >= 11 is 0. The summed E-state index contributed by atoms with van der Waals surface area (Å²) in [5, 5.41) is 16.0. The third kappa shape index (κ3) is 9.81. The molecule has 2 aromatic carbocycles. The van der Waals surface area contributed by atoms with Crippen LogP contribution in [0.25, 0.3) is 0 Å². The smallest absolute Gasteiger partial charge is 0.408 e. The maximum atomic E-state index is 14.0. The van der Waals surface area contributed by atoms with Gasteiger partial charge in [-0.2, -0.15) is 0 Å². The van der Waals surface area contributed by atoms with Gasteiger partial charge in [0.1, 0.15) is 35.6 Å². The number of hydrogen-bond donors (Lipinski definition) is 3. The molecule has 3 rings (SSSR count). The van der Waals surface area contributed by atoms with Crippen LogP contribution in [0.4, 0.5) is 4.79 Å². The first-order chi connectivity index (χ1) is 19.1. The Bertz CT molecular complexity index is 1230.